The molecule has 1 aliphatic heterocycles. The van der Waals surface area contributed by atoms with Crippen LogP contribution in [0.2, 0.25) is 0 Å². The maximum Gasteiger partial charge on any atom is 0.259 e. The highest BCUT2D eigenvalue weighted by molar-refractivity contribution is 5.96. The first kappa shape index (κ1) is 18.2. The Hall–Kier alpha value is -1.62. The SMILES string of the molecule is CC(C)COc1ncccc1C(=O)N1CCC[C@@H]1[C@H]1CCCC[C@@H]1O. The molecular weight excluding hydrogens is 316 g/mol. The topological polar surface area (TPSA) is 62.7 Å². The number of aliphatic hydroxyl groups excluding tert-OH is 1. The molecule has 1 saturated carbocycles. The molecule has 2 fully saturated rings. The van der Waals surface area contributed by atoms with Crippen molar-refractivity contribution in [2.45, 2.75) is 64.5 Å². The molecule has 0 radical (unpaired) electrons. The van der Waals surface area contributed by atoms with Crippen LogP contribution < -0.4 is 4.74 Å². The van der Waals surface area contributed by atoms with E-state index in [0.717, 1.165) is 45.1 Å². The zero-order valence-corrected chi connectivity index (χ0v) is 15.4. The number of aromatic nitrogens is 1. The number of likely N-dealkylation sites (tertiary alicyclic amines) is 1. The van der Waals surface area contributed by atoms with E-state index < -0.39 is 0 Å². The van der Waals surface area contributed by atoms with Gasteiger partial charge in [-0.1, -0.05) is 26.7 Å². The molecule has 0 spiro atoms. The minimum atomic E-state index is -0.280. The Morgan fingerprint density at radius 1 is 1.32 bits per heavy atom. The van der Waals surface area contributed by atoms with Gasteiger partial charge in [0, 0.05) is 24.7 Å². The quantitative estimate of drug-likeness (QED) is 0.889. The van der Waals surface area contributed by atoms with Crippen molar-refractivity contribution in [1.82, 2.24) is 9.88 Å². The van der Waals surface area contributed by atoms with E-state index >= 15 is 0 Å². The number of rotatable bonds is 5. The predicted molar refractivity (Wildman–Crippen MR) is 96.6 cm³/mol. The van der Waals surface area contributed by atoms with Crippen molar-refractivity contribution in [3.63, 3.8) is 0 Å². The van der Waals surface area contributed by atoms with Crippen LogP contribution in [0, 0.1) is 11.8 Å². The van der Waals surface area contributed by atoms with Gasteiger partial charge >= 0.3 is 0 Å². The van der Waals surface area contributed by atoms with E-state index in [-0.39, 0.29) is 24.0 Å². The molecule has 3 rings (SSSR count). The molecular formula is C20H30N2O3. The van der Waals surface area contributed by atoms with Gasteiger partial charge in [0.15, 0.2) is 0 Å². The molecule has 1 N–H and O–H groups in total. The van der Waals surface area contributed by atoms with Crippen LogP contribution in [0.5, 0.6) is 5.88 Å². The Morgan fingerprint density at radius 2 is 2.12 bits per heavy atom. The third-order valence-corrected chi connectivity index (χ3v) is 5.39. The summed E-state index contributed by atoms with van der Waals surface area (Å²) >= 11 is 0. The van der Waals surface area contributed by atoms with Crippen molar-refractivity contribution >= 4 is 5.91 Å². The average Bonchev–Trinajstić information content (AvgIpc) is 3.09. The first-order chi connectivity index (χ1) is 12.1. The van der Waals surface area contributed by atoms with E-state index in [1.165, 1.54) is 0 Å². The second-order valence-electron chi connectivity index (χ2n) is 7.78. The number of carbonyl (C=O) groups is 1. The zero-order chi connectivity index (χ0) is 17.8. The number of nitrogens with zero attached hydrogens (tertiary/aromatic N) is 2. The van der Waals surface area contributed by atoms with Crippen molar-refractivity contribution in [2.24, 2.45) is 11.8 Å². The predicted octanol–water partition coefficient (Wildman–Crippen LogP) is 3.27. The Morgan fingerprint density at radius 3 is 2.88 bits per heavy atom. The van der Waals surface area contributed by atoms with Gasteiger partial charge < -0.3 is 14.7 Å². The number of hydrogen-bond donors (Lipinski definition) is 1. The Kier molecular flexibility index (Phi) is 5.94. The maximum atomic E-state index is 13.2. The van der Waals surface area contributed by atoms with E-state index in [2.05, 4.69) is 18.8 Å². The van der Waals surface area contributed by atoms with Gasteiger partial charge in [-0.25, -0.2) is 4.98 Å². The van der Waals surface area contributed by atoms with E-state index in [1.807, 2.05) is 4.90 Å². The van der Waals surface area contributed by atoms with Crippen LogP contribution in [0.25, 0.3) is 0 Å². The van der Waals surface area contributed by atoms with Crippen molar-refractivity contribution in [3.8, 4) is 5.88 Å². The van der Waals surface area contributed by atoms with Gasteiger partial charge in [-0.2, -0.15) is 0 Å². The maximum absolute atomic E-state index is 13.2. The largest absolute Gasteiger partial charge is 0.477 e. The van der Waals surface area contributed by atoms with Crippen molar-refractivity contribution in [1.29, 1.82) is 0 Å². The molecule has 1 saturated heterocycles. The number of aliphatic hydroxyl groups is 1. The third-order valence-electron chi connectivity index (χ3n) is 5.39. The van der Waals surface area contributed by atoms with Gasteiger partial charge in [-0.3, -0.25) is 4.79 Å². The third kappa shape index (κ3) is 4.14. The molecule has 3 atom stereocenters. The van der Waals surface area contributed by atoms with Crippen LogP contribution in [-0.4, -0.2) is 46.2 Å². The van der Waals surface area contributed by atoms with Crippen molar-refractivity contribution < 1.29 is 14.6 Å². The summed E-state index contributed by atoms with van der Waals surface area (Å²) in [4.78, 5) is 19.4. The summed E-state index contributed by atoms with van der Waals surface area (Å²) in [5.74, 6) is 1.00. The highest BCUT2D eigenvalue weighted by Crippen LogP contribution is 2.36. The lowest BCUT2D eigenvalue weighted by Gasteiger charge is -2.37. The fourth-order valence-corrected chi connectivity index (χ4v) is 4.15. The number of hydrogen-bond acceptors (Lipinski definition) is 4. The monoisotopic (exact) mass is 346 g/mol. The molecule has 1 aliphatic carbocycles. The van der Waals surface area contributed by atoms with Crippen molar-refractivity contribution in [3.05, 3.63) is 23.9 Å². The summed E-state index contributed by atoms with van der Waals surface area (Å²) in [6.07, 6.45) is 7.48. The summed E-state index contributed by atoms with van der Waals surface area (Å²) in [5.41, 5.74) is 0.542. The molecule has 0 unspecified atom stereocenters. The summed E-state index contributed by atoms with van der Waals surface area (Å²) in [7, 11) is 0. The Balaban J connectivity index is 1.77. The van der Waals surface area contributed by atoms with Crippen LogP contribution in [0.4, 0.5) is 0 Å². The molecule has 2 aliphatic rings. The Labute approximate surface area is 150 Å². The lowest BCUT2D eigenvalue weighted by molar-refractivity contribution is 0.0210. The summed E-state index contributed by atoms with van der Waals surface area (Å²) in [6.45, 7) is 5.45. The fraction of sp³-hybridized carbons (Fsp3) is 0.700. The standard InChI is InChI=1S/C20H30N2O3/c1-14(2)13-25-19-16(8-5-11-21-19)20(24)22-12-6-9-17(22)15-7-3-4-10-18(15)23/h5,8,11,14-15,17-18,23H,3-4,6-7,9-10,12-13H2,1-2H3/t15-,17-,18+/m1/s1. The zero-order valence-electron chi connectivity index (χ0n) is 15.4. The first-order valence-electron chi connectivity index (χ1n) is 9.64. The average molecular weight is 346 g/mol. The van der Waals surface area contributed by atoms with E-state index in [4.69, 9.17) is 4.74 Å². The summed E-state index contributed by atoms with van der Waals surface area (Å²) in [6, 6.07) is 3.73. The number of amides is 1. The van der Waals surface area contributed by atoms with Gasteiger partial charge in [0.1, 0.15) is 5.56 Å². The number of ether oxygens (including phenoxy) is 1. The molecule has 5 nitrogen and oxygen atoms in total. The minimum Gasteiger partial charge on any atom is -0.477 e. The first-order valence-corrected chi connectivity index (χ1v) is 9.64. The number of pyridine rings is 1. The van der Waals surface area contributed by atoms with Crippen LogP contribution in [0.1, 0.15) is 62.7 Å². The second kappa shape index (κ2) is 8.17. The highest BCUT2D eigenvalue weighted by Gasteiger charge is 2.39. The molecule has 5 heteroatoms. The minimum absolute atomic E-state index is 0.00729. The molecule has 1 aromatic rings. The lowest BCUT2D eigenvalue weighted by Crippen LogP contribution is -2.45. The van der Waals surface area contributed by atoms with Crippen LogP contribution in [0.3, 0.4) is 0 Å². The van der Waals surface area contributed by atoms with Gasteiger partial charge in [0.05, 0.1) is 12.7 Å². The van der Waals surface area contributed by atoms with E-state index in [1.54, 1.807) is 18.3 Å². The molecule has 25 heavy (non-hydrogen) atoms. The van der Waals surface area contributed by atoms with Crippen molar-refractivity contribution in [2.75, 3.05) is 13.2 Å². The summed E-state index contributed by atoms with van der Waals surface area (Å²) < 4.78 is 5.77. The van der Waals surface area contributed by atoms with E-state index in [9.17, 15) is 9.90 Å². The van der Waals surface area contributed by atoms with Crippen LogP contribution in [-0.2, 0) is 0 Å². The molecule has 2 heterocycles. The highest BCUT2D eigenvalue weighted by atomic mass is 16.5. The molecule has 1 aromatic heterocycles. The molecule has 0 bridgehead atoms. The lowest BCUT2D eigenvalue weighted by atomic mass is 9.80. The molecule has 138 valence electrons. The number of carbonyl (C=O) groups excluding carboxylic acids is 1. The Bertz CT molecular complexity index is 590. The molecule has 0 aromatic carbocycles. The van der Waals surface area contributed by atoms with E-state index in [0.29, 0.717) is 24.0 Å². The van der Waals surface area contributed by atoms with Gasteiger partial charge in [-0.15, -0.1) is 0 Å². The summed E-state index contributed by atoms with van der Waals surface area (Å²) in [5, 5.41) is 10.4. The van der Waals surface area contributed by atoms with Crippen LogP contribution in [0.15, 0.2) is 18.3 Å². The normalized spacial score (nSPS) is 26.9. The smallest absolute Gasteiger partial charge is 0.259 e. The van der Waals surface area contributed by atoms with Gasteiger partial charge in [-0.05, 0) is 43.7 Å². The van der Waals surface area contributed by atoms with Gasteiger partial charge in [0.2, 0.25) is 5.88 Å². The molecule has 1 amide bonds. The second-order valence-corrected chi connectivity index (χ2v) is 7.78. The van der Waals surface area contributed by atoms with Crippen LogP contribution >= 0.6 is 0 Å². The van der Waals surface area contributed by atoms with Gasteiger partial charge in [0.25, 0.3) is 5.91 Å². The fourth-order valence-electron chi connectivity index (χ4n) is 4.15.